The molecule has 1 aliphatic heterocycles. The molecule has 1 N–H and O–H groups in total. The third-order valence-corrected chi connectivity index (χ3v) is 5.75. The number of nitrogens with one attached hydrogen (secondary N) is 1. The first kappa shape index (κ1) is 13.1. The molecule has 3 rings (SSSR count). The highest BCUT2D eigenvalue weighted by Gasteiger charge is 2.35. The molecule has 1 saturated carbocycles. The maximum atomic E-state index is 11.8. The zero-order valence-electron chi connectivity index (χ0n) is 11.1. The first-order chi connectivity index (χ1) is 9.06. The molecule has 0 bridgehead atoms. The quantitative estimate of drug-likeness (QED) is 0.847. The zero-order chi connectivity index (χ0) is 13.5. The minimum Gasteiger partial charge on any atom is -0.298 e. The zero-order valence-corrected chi connectivity index (χ0v) is 11.9. The Hall–Kier alpha value is -0.920. The summed E-state index contributed by atoms with van der Waals surface area (Å²) in [4.78, 5) is 2.25. The molecular formula is C12H20N4O2S. The second-order valence-corrected chi connectivity index (χ2v) is 7.59. The minimum atomic E-state index is -3.06. The maximum absolute atomic E-state index is 11.8. The number of sulfonamides is 1. The summed E-state index contributed by atoms with van der Waals surface area (Å²) in [7, 11) is -0.977. The molecule has 1 fully saturated rings. The van der Waals surface area contributed by atoms with Gasteiger partial charge in [0.05, 0.1) is 17.0 Å². The van der Waals surface area contributed by atoms with E-state index in [4.69, 9.17) is 0 Å². The lowest BCUT2D eigenvalue weighted by atomic mass is 10.1. The van der Waals surface area contributed by atoms with Gasteiger partial charge in [-0.3, -0.25) is 9.58 Å². The summed E-state index contributed by atoms with van der Waals surface area (Å²) < 4.78 is 28.3. The van der Waals surface area contributed by atoms with Crippen molar-refractivity contribution in [3.63, 3.8) is 0 Å². The lowest BCUT2D eigenvalue weighted by molar-refractivity contribution is 0.203. The van der Waals surface area contributed by atoms with E-state index in [2.05, 4.69) is 21.8 Å². The van der Waals surface area contributed by atoms with Crippen LogP contribution in [0.15, 0.2) is 12.3 Å². The fourth-order valence-electron chi connectivity index (χ4n) is 2.65. The highest BCUT2D eigenvalue weighted by molar-refractivity contribution is 7.90. The van der Waals surface area contributed by atoms with Crippen LogP contribution in [0.5, 0.6) is 0 Å². The van der Waals surface area contributed by atoms with Crippen molar-refractivity contribution in [1.29, 1.82) is 0 Å². The third-order valence-electron chi connectivity index (χ3n) is 3.80. The van der Waals surface area contributed by atoms with E-state index in [-0.39, 0.29) is 11.3 Å². The molecule has 1 aliphatic carbocycles. The first-order valence-corrected chi connectivity index (χ1v) is 8.30. The molecule has 0 aromatic carbocycles. The van der Waals surface area contributed by atoms with Gasteiger partial charge in [-0.1, -0.05) is 0 Å². The molecule has 0 unspecified atom stereocenters. The van der Waals surface area contributed by atoms with E-state index in [1.165, 1.54) is 5.69 Å². The second-order valence-electron chi connectivity index (χ2n) is 5.55. The van der Waals surface area contributed by atoms with Crippen LogP contribution in [0.2, 0.25) is 0 Å². The SMILES string of the molecule is CN1Cc2ccnn2[C@H](CCNS(=O)(=O)C2CC2)C1. The molecule has 2 heterocycles. The Balaban J connectivity index is 1.59. The molecule has 1 atom stereocenters. The molecule has 106 valence electrons. The van der Waals surface area contributed by atoms with Crippen molar-refractivity contribution in [2.75, 3.05) is 20.1 Å². The van der Waals surface area contributed by atoms with E-state index < -0.39 is 10.0 Å². The Kier molecular flexibility index (Phi) is 3.36. The normalized spacial score (nSPS) is 24.4. The summed E-state index contributed by atoms with van der Waals surface area (Å²) in [6.45, 7) is 2.32. The standard InChI is InChI=1S/C12H20N4O2S/c1-15-8-10-4-6-13-16(10)11(9-15)5-7-14-19(17,18)12-2-3-12/h4,6,11-12,14H,2-3,5,7-9H2,1H3/t11-/m1/s1. The van der Waals surface area contributed by atoms with E-state index in [0.29, 0.717) is 6.54 Å². The van der Waals surface area contributed by atoms with Gasteiger partial charge in [0.1, 0.15) is 0 Å². The van der Waals surface area contributed by atoms with Gasteiger partial charge in [0.25, 0.3) is 0 Å². The topological polar surface area (TPSA) is 67.2 Å². The first-order valence-electron chi connectivity index (χ1n) is 6.75. The summed E-state index contributed by atoms with van der Waals surface area (Å²) >= 11 is 0. The van der Waals surface area contributed by atoms with Crippen LogP contribution in [0.3, 0.4) is 0 Å². The second kappa shape index (κ2) is 4.88. The van der Waals surface area contributed by atoms with Gasteiger partial charge in [-0.05, 0) is 32.4 Å². The van der Waals surface area contributed by atoms with Gasteiger partial charge in [-0.2, -0.15) is 5.10 Å². The number of hydrogen-bond acceptors (Lipinski definition) is 4. The van der Waals surface area contributed by atoms with Crippen LogP contribution in [0, 0.1) is 0 Å². The van der Waals surface area contributed by atoms with E-state index >= 15 is 0 Å². The lowest BCUT2D eigenvalue weighted by Crippen LogP contribution is -2.37. The number of hydrogen-bond donors (Lipinski definition) is 1. The van der Waals surface area contributed by atoms with Crippen molar-refractivity contribution in [2.45, 2.75) is 37.1 Å². The molecule has 0 spiro atoms. The van der Waals surface area contributed by atoms with Gasteiger partial charge in [-0.15, -0.1) is 0 Å². The van der Waals surface area contributed by atoms with Crippen LogP contribution < -0.4 is 4.72 Å². The number of aromatic nitrogens is 2. The Morgan fingerprint density at radius 2 is 2.26 bits per heavy atom. The van der Waals surface area contributed by atoms with E-state index in [9.17, 15) is 8.42 Å². The fraction of sp³-hybridized carbons (Fsp3) is 0.750. The highest BCUT2D eigenvalue weighted by Crippen LogP contribution is 2.27. The molecule has 0 radical (unpaired) electrons. The van der Waals surface area contributed by atoms with Crippen molar-refractivity contribution in [3.8, 4) is 0 Å². The highest BCUT2D eigenvalue weighted by atomic mass is 32.2. The van der Waals surface area contributed by atoms with Crippen LogP contribution in [-0.2, 0) is 16.6 Å². The number of fused-ring (bicyclic) bond motifs is 1. The predicted molar refractivity (Wildman–Crippen MR) is 72.2 cm³/mol. The molecule has 0 amide bonds. The molecule has 1 aromatic heterocycles. The molecule has 19 heavy (non-hydrogen) atoms. The van der Waals surface area contributed by atoms with Gasteiger partial charge < -0.3 is 0 Å². The average Bonchev–Trinajstić information content (AvgIpc) is 3.10. The molecule has 7 heteroatoms. The summed E-state index contributed by atoms with van der Waals surface area (Å²) in [5.74, 6) is 0. The van der Waals surface area contributed by atoms with Crippen LogP contribution in [0.25, 0.3) is 0 Å². The van der Waals surface area contributed by atoms with Gasteiger partial charge in [-0.25, -0.2) is 13.1 Å². The van der Waals surface area contributed by atoms with Crippen molar-refractivity contribution < 1.29 is 8.42 Å². The summed E-state index contributed by atoms with van der Waals surface area (Å²) in [5, 5.41) is 4.21. The van der Waals surface area contributed by atoms with Crippen molar-refractivity contribution >= 4 is 10.0 Å². The van der Waals surface area contributed by atoms with Gasteiger partial charge >= 0.3 is 0 Å². The largest absolute Gasteiger partial charge is 0.298 e. The van der Waals surface area contributed by atoms with Crippen LogP contribution in [-0.4, -0.2) is 48.5 Å². The number of rotatable bonds is 5. The molecule has 1 aromatic rings. The minimum absolute atomic E-state index is 0.137. The van der Waals surface area contributed by atoms with Crippen molar-refractivity contribution in [2.24, 2.45) is 0 Å². The lowest BCUT2D eigenvalue weighted by Gasteiger charge is -2.31. The van der Waals surface area contributed by atoms with Gasteiger partial charge in [0, 0.05) is 25.8 Å². The van der Waals surface area contributed by atoms with Crippen molar-refractivity contribution in [1.82, 2.24) is 19.4 Å². The summed E-state index contributed by atoms with van der Waals surface area (Å²) in [6.07, 6.45) is 4.22. The maximum Gasteiger partial charge on any atom is 0.214 e. The van der Waals surface area contributed by atoms with Crippen molar-refractivity contribution in [3.05, 3.63) is 18.0 Å². The van der Waals surface area contributed by atoms with Crippen LogP contribution >= 0.6 is 0 Å². The van der Waals surface area contributed by atoms with Gasteiger partial charge in [0.2, 0.25) is 10.0 Å². The summed E-state index contributed by atoms with van der Waals surface area (Å²) in [5.41, 5.74) is 1.20. The average molecular weight is 284 g/mol. The molecular weight excluding hydrogens is 264 g/mol. The van der Waals surface area contributed by atoms with Gasteiger partial charge in [0.15, 0.2) is 0 Å². The molecule has 2 aliphatic rings. The van der Waals surface area contributed by atoms with E-state index in [0.717, 1.165) is 32.4 Å². The Labute approximate surface area is 113 Å². The fourth-order valence-corrected chi connectivity index (χ4v) is 4.05. The van der Waals surface area contributed by atoms with Crippen LogP contribution in [0.4, 0.5) is 0 Å². The Morgan fingerprint density at radius 3 is 3.00 bits per heavy atom. The smallest absolute Gasteiger partial charge is 0.214 e. The third kappa shape index (κ3) is 2.82. The number of nitrogens with zero attached hydrogens (tertiary/aromatic N) is 3. The predicted octanol–water partition coefficient (Wildman–Crippen LogP) is 0.341. The Bertz CT molecular complexity index is 550. The summed E-state index contributed by atoms with van der Waals surface area (Å²) in [6, 6.07) is 2.28. The van der Waals surface area contributed by atoms with Crippen LogP contribution in [0.1, 0.15) is 31.0 Å². The molecule has 0 saturated heterocycles. The molecule has 6 nitrogen and oxygen atoms in total. The number of likely N-dealkylation sites (N-methyl/N-ethyl adjacent to an activating group) is 1. The van der Waals surface area contributed by atoms with E-state index in [1.807, 2.05) is 16.9 Å². The Morgan fingerprint density at radius 1 is 1.47 bits per heavy atom. The monoisotopic (exact) mass is 284 g/mol. The van der Waals surface area contributed by atoms with E-state index in [1.54, 1.807) is 0 Å².